The maximum Gasteiger partial charge on any atom is 0.272 e. The number of pyridine rings is 1. The van der Waals surface area contributed by atoms with Crippen molar-refractivity contribution in [3.8, 4) is 0 Å². The van der Waals surface area contributed by atoms with E-state index in [1.54, 1.807) is 0 Å². The number of rotatable bonds is 4. The molecule has 0 N–H and O–H groups in total. The Hall–Kier alpha value is -2.40. The van der Waals surface area contributed by atoms with Crippen LogP contribution in [0.25, 0.3) is 0 Å². The molecule has 4 rings (SSSR count). The summed E-state index contributed by atoms with van der Waals surface area (Å²) in [5.41, 5.74) is 3.03. The predicted octanol–water partition coefficient (Wildman–Crippen LogP) is 3.03. The van der Waals surface area contributed by atoms with Gasteiger partial charge in [0.25, 0.3) is 5.91 Å². The SMILES string of the molecule is O=C(c1ccc(N2CCCCC2)cn1)N1CCN(Cc2ccccc2)CC1. The number of benzene rings is 1. The standard InChI is InChI=1S/C22H28N4O/c27-22(21-10-9-20(17-23-21)25-11-5-2-6-12-25)26-15-13-24(14-16-26)18-19-7-3-1-4-8-19/h1,3-4,7-10,17H,2,5-6,11-16,18H2. The predicted molar refractivity (Wildman–Crippen MR) is 108 cm³/mol. The number of aromatic nitrogens is 1. The molecular formula is C22H28N4O. The molecule has 2 aromatic rings. The second-order valence-electron chi connectivity index (χ2n) is 7.50. The van der Waals surface area contributed by atoms with Crippen LogP contribution in [0, 0.1) is 0 Å². The molecule has 0 saturated carbocycles. The van der Waals surface area contributed by atoms with Crippen molar-refractivity contribution in [3.63, 3.8) is 0 Å². The van der Waals surface area contributed by atoms with Gasteiger partial charge in [0.05, 0.1) is 11.9 Å². The third kappa shape index (κ3) is 4.48. The number of nitrogens with zero attached hydrogens (tertiary/aromatic N) is 4. The number of hydrogen-bond donors (Lipinski definition) is 0. The van der Waals surface area contributed by atoms with Crippen molar-refractivity contribution in [2.75, 3.05) is 44.2 Å². The largest absolute Gasteiger partial charge is 0.370 e. The number of piperidine rings is 1. The highest BCUT2D eigenvalue weighted by atomic mass is 16.2. The third-order valence-electron chi connectivity index (χ3n) is 5.60. The first kappa shape index (κ1) is 18.0. The van der Waals surface area contributed by atoms with Gasteiger partial charge in [-0.25, -0.2) is 4.98 Å². The van der Waals surface area contributed by atoms with Crippen LogP contribution >= 0.6 is 0 Å². The van der Waals surface area contributed by atoms with Gasteiger partial charge in [-0.2, -0.15) is 0 Å². The Morgan fingerprint density at radius 2 is 1.59 bits per heavy atom. The fraction of sp³-hybridized carbons (Fsp3) is 0.455. The Balaban J connectivity index is 1.31. The van der Waals surface area contributed by atoms with Crippen molar-refractivity contribution >= 4 is 11.6 Å². The van der Waals surface area contributed by atoms with E-state index in [9.17, 15) is 4.79 Å². The van der Waals surface area contributed by atoms with E-state index in [4.69, 9.17) is 0 Å². The summed E-state index contributed by atoms with van der Waals surface area (Å²) < 4.78 is 0. The van der Waals surface area contributed by atoms with Gasteiger partial charge in [-0.3, -0.25) is 9.69 Å². The Kier molecular flexibility index (Phi) is 5.68. The molecule has 3 heterocycles. The van der Waals surface area contributed by atoms with Gasteiger partial charge in [0.15, 0.2) is 0 Å². The molecule has 0 spiro atoms. The molecule has 0 radical (unpaired) electrons. The zero-order valence-electron chi connectivity index (χ0n) is 15.9. The van der Waals surface area contributed by atoms with Gasteiger partial charge < -0.3 is 9.80 Å². The van der Waals surface area contributed by atoms with Gasteiger partial charge in [0.1, 0.15) is 5.69 Å². The molecule has 1 aromatic heterocycles. The normalized spacial score (nSPS) is 18.5. The number of anilines is 1. The van der Waals surface area contributed by atoms with Crippen LogP contribution in [0.2, 0.25) is 0 Å². The first-order chi connectivity index (χ1) is 13.3. The van der Waals surface area contributed by atoms with E-state index in [1.807, 2.05) is 23.2 Å². The van der Waals surface area contributed by atoms with Crippen molar-refractivity contribution in [1.82, 2.24) is 14.8 Å². The van der Waals surface area contributed by atoms with Crippen LogP contribution in [0.3, 0.4) is 0 Å². The summed E-state index contributed by atoms with van der Waals surface area (Å²) >= 11 is 0. The second-order valence-corrected chi connectivity index (χ2v) is 7.50. The number of carbonyl (C=O) groups excluding carboxylic acids is 1. The third-order valence-corrected chi connectivity index (χ3v) is 5.60. The molecule has 2 aliphatic rings. The number of piperazine rings is 1. The quantitative estimate of drug-likeness (QED) is 0.836. The molecule has 0 bridgehead atoms. The van der Waals surface area contributed by atoms with Crippen LogP contribution in [0.4, 0.5) is 5.69 Å². The van der Waals surface area contributed by atoms with Crippen molar-refractivity contribution < 1.29 is 4.79 Å². The van der Waals surface area contributed by atoms with Crippen LogP contribution in [-0.2, 0) is 6.54 Å². The summed E-state index contributed by atoms with van der Waals surface area (Å²) in [4.78, 5) is 24.0. The van der Waals surface area contributed by atoms with E-state index >= 15 is 0 Å². The zero-order chi connectivity index (χ0) is 18.5. The van der Waals surface area contributed by atoms with E-state index in [2.05, 4.69) is 45.1 Å². The smallest absolute Gasteiger partial charge is 0.272 e. The highest BCUT2D eigenvalue weighted by Gasteiger charge is 2.23. The second kappa shape index (κ2) is 8.53. The summed E-state index contributed by atoms with van der Waals surface area (Å²) in [6, 6.07) is 14.5. The lowest BCUT2D eigenvalue weighted by Gasteiger charge is -2.34. The van der Waals surface area contributed by atoms with Gasteiger partial charge in [0, 0.05) is 45.8 Å². The van der Waals surface area contributed by atoms with Crippen molar-refractivity contribution in [3.05, 3.63) is 59.9 Å². The molecule has 142 valence electrons. The molecule has 27 heavy (non-hydrogen) atoms. The molecule has 2 saturated heterocycles. The Labute approximate surface area is 161 Å². The first-order valence-corrected chi connectivity index (χ1v) is 10.1. The van der Waals surface area contributed by atoms with Crippen molar-refractivity contribution in [1.29, 1.82) is 0 Å². The van der Waals surface area contributed by atoms with E-state index in [0.29, 0.717) is 5.69 Å². The molecule has 1 amide bonds. The van der Waals surface area contributed by atoms with Gasteiger partial charge in [-0.05, 0) is 37.0 Å². The van der Waals surface area contributed by atoms with Crippen molar-refractivity contribution in [2.45, 2.75) is 25.8 Å². The molecule has 0 unspecified atom stereocenters. The number of amides is 1. The molecule has 5 heteroatoms. The van der Waals surface area contributed by atoms with Crippen LogP contribution < -0.4 is 4.90 Å². The van der Waals surface area contributed by atoms with E-state index < -0.39 is 0 Å². The molecule has 0 atom stereocenters. The molecule has 0 aliphatic carbocycles. The Morgan fingerprint density at radius 3 is 2.26 bits per heavy atom. The fourth-order valence-corrected chi connectivity index (χ4v) is 3.96. The molecular weight excluding hydrogens is 336 g/mol. The van der Waals surface area contributed by atoms with Crippen LogP contribution in [0.5, 0.6) is 0 Å². The lowest BCUT2D eigenvalue weighted by atomic mass is 10.1. The van der Waals surface area contributed by atoms with E-state index in [0.717, 1.165) is 51.5 Å². The summed E-state index contributed by atoms with van der Waals surface area (Å²) in [7, 11) is 0. The minimum absolute atomic E-state index is 0.0551. The Bertz CT molecular complexity index is 733. The minimum atomic E-state index is 0.0551. The van der Waals surface area contributed by atoms with Gasteiger partial charge in [-0.1, -0.05) is 30.3 Å². The van der Waals surface area contributed by atoms with Crippen molar-refractivity contribution in [2.24, 2.45) is 0 Å². The number of hydrogen-bond acceptors (Lipinski definition) is 4. The molecule has 5 nitrogen and oxygen atoms in total. The van der Waals surface area contributed by atoms with Gasteiger partial charge in [-0.15, -0.1) is 0 Å². The van der Waals surface area contributed by atoms with Crippen LogP contribution in [0.15, 0.2) is 48.7 Å². The summed E-state index contributed by atoms with van der Waals surface area (Å²) in [5, 5.41) is 0. The zero-order valence-corrected chi connectivity index (χ0v) is 15.9. The monoisotopic (exact) mass is 364 g/mol. The average Bonchev–Trinajstić information content (AvgIpc) is 2.75. The molecule has 2 aliphatic heterocycles. The average molecular weight is 364 g/mol. The van der Waals surface area contributed by atoms with Crippen LogP contribution in [0.1, 0.15) is 35.3 Å². The Morgan fingerprint density at radius 1 is 0.852 bits per heavy atom. The number of carbonyl (C=O) groups is 1. The molecule has 2 fully saturated rings. The van der Waals surface area contributed by atoms with Crippen LogP contribution in [-0.4, -0.2) is 60.0 Å². The maximum absolute atomic E-state index is 12.8. The highest BCUT2D eigenvalue weighted by molar-refractivity contribution is 5.92. The van der Waals surface area contributed by atoms with Gasteiger partial charge >= 0.3 is 0 Å². The van der Waals surface area contributed by atoms with E-state index in [1.165, 1.54) is 24.8 Å². The van der Waals surface area contributed by atoms with Gasteiger partial charge in [0.2, 0.25) is 0 Å². The summed E-state index contributed by atoms with van der Waals surface area (Å²) in [6.45, 7) is 6.49. The minimum Gasteiger partial charge on any atom is -0.370 e. The first-order valence-electron chi connectivity index (χ1n) is 10.1. The highest BCUT2D eigenvalue weighted by Crippen LogP contribution is 2.19. The van der Waals surface area contributed by atoms with E-state index in [-0.39, 0.29) is 5.91 Å². The fourth-order valence-electron chi connectivity index (χ4n) is 3.96. The maximum atomic E-state index is 12.8. The summed E-state index contributed by atoms with van der Waals surface area (Å²) in [5.74, 6) is 0.0551. The lowest BCUT2D eigenvalue weighted by molar-refractivity contribution is 0.0623. The lowest BCUT2D eigenvalue weighted by Crippen LogP contribution is -2.48. The topological polar surface area (TPSA) is 39.7 Å². The molecule has 1 aromatic carbocycles. The summed E-state index contributed by atoms with van der Waals surface area (Å²) in [6.07, 6.45) is 5.67.